The summed E-state index contributed by atoms with van der Waals surface area (Å²) in [7, 11) is 0. The van der Waals surface area contributed by atoms with Crippen LogP contribution >= 0.6 is 24.2 Å². The minimum Gasteiger partial charge on any atom is -0.444 e. The molecule has 2 aromatic rings. The molecule has 2 unspecified atom stereocenters. The van der Waals surface area contributed by atoms with Crippen molar-refractivity contribution in [2.45, 2.75) is 37.5 Å². The molecule has 1 saturated heterocycles. The summed E-state index contributed by atoms with van der Waals surface area (Å²) in [5.74, 6) is 0.358. The Morgan fingerprint density at radius 3 is 2.70 bits per heavy atom. The zero-order valence-electron chi connectivity index (χ0n) is 16.6. The first-order chi connectivity index (χ1) is 14.0. The van der Waals surface area contributed by atoms with Gasteiger partial charge in [0.1, 0.15) is 11.6 Å². The molecule has 4 rings (SSSR count). The van der Waals surface area contributed by atoms with E-state index in [4.69, 9.17) is 4.42 Å². The summed E-state index contributed by atoms with van der Waals surface area (Å²) in [4.78, 5) is 30.8. The summed E-state index contributed by atoms with van der Waals surface area (Å²) in [6.07, 6.45) is 7.32. The first kappa shape index (κ1) is 22.7. The second-order valence-electron chi connectivity index (χ2n) is 7.58. The van der Waals surface area contributed by atoms with Gasteiger partial charge in [0.15, 0.2) is 17.3 Å². The first-order valence-electron chi connectivity index (χ1n) is 9.81. The molecule has 2 fully saturated rings. The van der Waals surface area contributed by atoms with E-state index in [0.717, 1.165) is 18.4 Å². The van der Waals surface area contributed by atoms with Crippen molar-refractivity contribution in [1.82, 2.24) is 9.88 Å². The van der Waals surface area contributed by atoms with Crippen LogP contribution in [0, 0.1) is 11.7 Å². The second kappa shape index (κ2) is 9.90. The van der Waals surface area contributed by atoms with Gasteiger partial charge in [-0.1, -0.05) is 30.0 Å². The fraction of sp³-hybridized carbons (Fsp3) is 0.409. The number of hydrogen-bond acceptors (Lipinski definition) is 6. The van der Waals surface area contributed by atoms with Crippen molar-refractivity contribution in [2.24, 2.45) is 5.92 Å². The Balaban J connectivity index is 0.00000256. The molecule has 160 valence electrons. The number of thioether (sulfide) groups is 1. The van der Waals surface area contributed by atoms with Gasteiger partial charge in [-0.15, -0.1) is 12.4 Å². The number of nitrogens with zero attached hydrogens (tertiary/aromatic N) is 2. The topological polar surface area (TPSA) is 63.4 Å². The van der Waals surface area contributed by atoms with Crippen molar-refractivity contribution in [3.63, 3.8) is 0 Å². The Morgan fingerprint density at radius 2 is 2.07 bits per heavy atom. The van der Waals surface area contributed by atoms with E-state index < -0.39 is 6.04 Å². The average Bonchev–Trinajstić information content (AvgIpc) is 3.42. The highest BCUT2D eigenvalue weighted by Crippen LogP contribution is 2.40. The number of carbonyl (C=O) groups excluding carboxylic acids is 2. The number of aromatic nitrogens is 1. The molecule has 2 aliphatic rings. The lowest BCUT2D eigenvalue weighted by Crippen LogP contribution is -2.43. The third-order valence-electron chi connectivity index (χ3n) is 5.38. The van der Waals surface area contributed by atoms with Crippen LogP contribution in [-0.2, 0) is 9.59 Å². The maximum atomic E-state index is 14.6. The van der Waals surface area contributed by atoms with Gasteiger partial charge in [-0.25, -0.2) is 9.37 Å². The predicted molar refractivity (Wildman–Crippen MR) is 117 cm³/mol. The molecule has 5 nitrogen and oxygen atoms in total. The second-order valence-corrected chi connectivity index (χ2v) is 8.96. The third-order valence-corrected chi connectivity index (χ3v) is 6.53. The van der Waals surface area contributed by atoms with Crippen LogP contribution in [0.15, 0.2) is 46.8 Å². The number of likely N-dealkylation sites (tertiary alicyclic amines) is 1. The van der Waals surface area contributed by atoms with Crippen molar-refractivity contribution < 1.29 is 18.4 Å². The molecule has 0 N–H and O–H groups in total. The standard InChI is InChI=1S/C22H23FN2O3S.ClH/c1-14(26)29-20-8-9-25(12-16(20)10-17-11-24-13-28-17)21(22(27)15-6-7-15)18-4-2-3-5-19(18)23;/h2-5,10-11,13,15,20-21H,6-9,12H2,1H3;1H. The van der Waals surface area contributed by atoms with E-state index in [1.165, 1.54) is 24.2 Å². The maximum absolute atomic E-state index is 14.6. The lowest BCUT2D eigenvalue weighted by molar-refractivity contribution is -0.126. The number of carbonyl (C=O) groups is 2. The molecular formula is C22H24ClFN2O3S. The van der Waals surface area contributed by atoms with E-state index >= 15 is 0 Å². The number of oxazole rings is 1. The van der Waals surface area contributed by atoms with E-state index in [2.05, 4.69) is 4.98 Å². The van der Waals surface area contributed by atoms with Crippen LogP contribution < -0.4 is 0 Å². The number of piperidine rings is 1. The lowest BCUT2D eigenvalue weighted by atomic mass is 9.93. The molecule has 2 heterocycles. The van der Waals surface area contributed by atoms with Crippen LogP contribution in [0.1, 0.15) is 43.6 Å². The van der Waals surface area contributed by atoms with Crippen LogP contribution in [0.25, 0.3) is 6.08 Å². The fourth-order valence-corrected chi connectivity index (χ4v) is 4.79. The first-order valence-corrected chi connectivity index (χ1v) is 10.7. The molecule has 0 radical (unpaired) electrons. The summed E-state index contributed by atoms with van der Waals surface area (Å²) >= 11 is 1.29. The van der Waals surface area contributed by atoms with Crippen molar-refractivity contribution >= 4 is 41.1 Å². The zero-order chi connectivity index (χ0) is 20.4. The summed E-state index contributed by atoms with van der Waals surface area (Å²) in [5.41, 5.74) is 1.42. The SMILES string of the molecule is CC(=O)SC1CCN(C(C(=O)C2CC2)c2ccccc2F)CC1=Cc1cnco1.Cl. The third kappa shape index (κ3) is 5.20. The van der Waals surface area contributed by atoms with Crippen molar-refractivity contribution in [2.75, 3.05) is 13.1 Å². The van der Waals surface area contributed by atoms with Gasteiger partial charge in [0.25, 0.3) is 0 Å². The number of ketones is 1. The summed E-state index contributed by atoms with van der Waals surface area (Å²) in [5, 5.41) is 0.0535. The molecule has 2 atom stereocenters. The van der Waals surface area contributed by atoms with Crippen LogP contribution in [0.4, 0.5) is 4.39 Å². The average molecular weight is 451 g/mol. The quantitative estimate of drug-likeness (QED) is 0.636. The Labute approximate surface area is 185 Å². The largest absolute Gasteiger partial charge is 0.444 e. The van der Waals surface area contributed by atoms with Gasteiger partial charge in [-0.3, -0.25) is 14.5 Å². The van der Waals surface area contributed by atoms with Crippen molar-refractivity contribution in [3.8, 4) is 0 Å². The number of hydrogen-bond donors (Lipinski definition) is 0. The van der Waals surface area contributed by atoms with Gasteiger partial charge in [0.05, 0.1) is 12.2 Å². The van der Waals surface area contributed by atoms with Gasteiger partial charge in [-0.2, -0.15) is 0 Å². The van der Waals surface area contributed by atoms with E-state index in [1.807, 2.05) is 11.0 Å². The Hall–Kier alpha value is -1.96. The lowest BCUT2D eigenvalue weighted by Gasteiger charge is -2.38. The summed E-state index contributed by atoms with van der Waals surface area (Å²) in [6, 6.07) is 5.92. The van der Waals surface area contributed by atoms with Crippen LogP contribution in [0.3, 0.4) is 0 Å². The minimum absolute atomic E-state index is 0. The molecule has 0 bridgehead atoms. The molecular weight excluding hydrogens is 427 g/mol. The molecule has 0 amide bonds. The smallest absolute Gasteiger partial charge is 0.186 e. The summed E-state index contributed by atoms with van der Waals surface area (Å²) < 4.78 is 20.0. The minimum atomic E-state index is -0.606. The van der Waals surface area contributed by atoms with Gasteiger partial charge < -0.3 is 4.42 Å². The molecule has 1 aliphatic carbocycles. The number of Topliss-reactive ketones (excluding diaryl/α,β-unsaturated/α-hetero) is 1. The highest BCUT2D eigenvalue weighted by Gasteiger charge is 2.41. The van der Waals surface area contributed by atoms with E-state index in [0.29, 0.717) is 30.8 Å². The normalized spacial score (nSPS) is 21.8. The highest BCUT2D eigenvalue weighted by molar-refractivity contribution is 8.14. The fourth-order valence-electron chi connectivity index (χ4n) is 3.88. The van der Waals surface area contributed by atoms with E-state index in [-0.39, 0.29) is 40.3 Å². The van der Waals surface area contributed by atoms with Crippen molar-refractivity contribution in [1.29, 1.82) is 0 Å². The van der Waals surface area contributed by atoms with Crippen LogP contribution in [-0.4, -0.2) is 39.1 Å². The van der Waals surface area contributed by atoms with Gasteiger partial charge in [0, 0.05) is 36.7 Å². The molecule has 1 aliphatic heterocycles. The van der Waals surface area contributed by atoms with Crippen LogP contribution in [0.5, 0.6) is 0 Å². The molecule has 0 spiro atoms. The monoisotopic (exact) mass is 450 g/mol. The predicted octanol–water partition coefficient (Wildman–Crippen LogP) is 4.69. The van der Waals surface area contributed by atoms with E-state index in [9.17, 15) is 14.0 Å². The Morgan fingerprint density at radius 1 is 1.30 bits per heavy atom. The Kier molecular flexibility index (Phi) is 7.50. The molecule has 1 aromatic carbocycles. The molecule has 8 heteroatoms. The Bertz CT molecular complexity index is 930. The van der Waals surface area contributed by atoms with Gasteiger partial charge in [-0.05, 0) is 37.0 Å². The zero-order valence-corrected chi connectivity index (χ0v) is 18.3. The number of rotatable bonds is 6. The molecule has 1 aromatic heterocycles. The maximum Gasteiger partial charge on any atom is 0.186 e. The van der Waals surface area contributed by atoms with E-state index in [1.54, 1.807) is 31.3 Å². The van der Waals surface area contributed by atoms with Crippen LogP contribution in [0.2, 0.25) is 0 Å². The molecule has 1 saturated carbocycles. The summed E-state index contributed by atoms with van der Waals surface area (Å²) in [6.45, 7) is 2.65. The molecule has 30 heavy (non-hydrogen) atoms. The van der Waals surface area contributed by atoms with Gasteiger partial charge >= 0.3 is 0 Å². The van der Waals surface area contributed by atoms with Crippen molar-refractivity contribution in [3.05, 3.63) is 59.6 Å². The number of benzene rings is 1. The highest BCUT2D eigenvalue weighted by atomic mass is 35.5. The van der Waals surface area contributed by atoms with Gasteiger partial charge in [0.2, 0.25) is 0 Å². The number of halogens is 2.